The van der Waals surface area contributed by atoms with Crippen molar-refractivity contribution in [1.29, 1.82) is 0 Å². The average Bonchev–Trinajstić information content (AvgIpc) is 2.87. The predicted octanol–water partition coefficient (Wildman–Crippen LogP) is 5.40. The van der Waals surface area contributed by atoms with Crippen LogP contribution < -0.4 is 4.31 Å². The molecule has 2 aromatic carbocycles. The highest BCUT2D eigenvalue weighted by atomic mass is 32.2. The van der Waals surface area contributed by atoms with Crippen LogP contribution in [-0.2, 0) is 26.7 Å². The van der Waals surface area contributed by atoms with Crippen LogP contribution >= 0.6 is 0 Å². The summed E-state index contributed by atoms with van der Waals surface area (Å²) < 4.78 is 26.8. The Kier molecular flexibility index (Phi) is 6.58. The van der Waals surface area contributed by atoms with Gasteiger partial charge < -0.3 is 4.90 Å². The first-order valence-electron chi connectivity index (χ1n) is 14.2. The van der Waals surface area contributed by atoms with Crippen molar-refractivity contribution < 1.29 is 13.2 Å². The molecular weight excluding hydrogens is 480 g/mol. The van der Waals surface area contributed by atoms with E-state index >= 15 is 0 Å². The number of nitrogens with zero attached hydrogens (tertiary/aromatic N) is 2. The maximum Gasteiger partial charge on any atom is 0.243 e. The van der Waals surface area contributed by atoms with Crippen LogP contribution in [0.1, 0.15) is 62.5 Å². The molecule has 4 bridgehead atoms. The Bertz CT molecular complexity index is 1180. The second kappa shape index (κ2) is 9.76. The van der Waals surface area contributed by atoms with Crippen molar-refractivity contribution in [2.24, 2.45) is 23.7 Å². The highest BCUT2D eigenvalue weighted by molar-refractivity contribution is 7.92. The number of anilines is 1. The molecule has 37 heavy (non-hydrogen) atoms. The van der Waals surface area contributed by atoms with Crippen LogP contribution in [0.15, 0.2) is 54.6 Å². The van der Waals surface area contributed by atoms with E-state index in [1.165, 1.54) is 60.2 Å². The van der Waals surface area contributed by atoms with Crippen molar-refractivity contribution in [2.75, 3.05) is 30.2 Å². The molecular formula is C31H40N2O3S. The molecule has 4 aliphatic carbocycles. The number of piperidine rings is 1. The van der Waals surface area contributed by atoms with Crippen molar-refractivity contribution in [3.05, 3.63) is 65.7 Å². The van der Waals surface area contributed by atoms with E-state index in [1.807, 2.05) is 23.1 Å². The molecule has 0 atom stereocenters. The maximum atomic E-state index is 13.2. The van der Waals surface area contributed by atoms with Crippen molar-refractivity contribution in [2.45, 2.75) is 63.2 Å². The van der Waals surface area contributed by atoms with Crippen LogP contribution in [0.3, 0.4) is 0 Å². The van der Waals surface area contributed by atoms with Gasteiger partial charge in [0.2, 0.25) is 15.9 Å². The molecule has 1 amide bonds. The third kappa shape index (κ3) is 5.19. The molecule has 0 radical (unpaired) electrons. The van der Waals surface area contributed by atoms with Gasteiger partial charge in [0.1, 0.15) is 6.54 Å². The molecule has 2 aromatic rings. The van der Waals surface area contributed by atoms with Crippen molar-refractivity contribution in [3.63, 3.8) is 0 Å². The van der Waals surface area contributed by atoms with E-state index in [2.05, 4.69) is 36.4 Å². The van der Waals surface area contributed by atoms with Crippen molar-refractivity contribution in [3.8, 4) is 0 Å². The lowest BCUT2D eigenvalue weighted by Crippen LogP contribution is -2.48. The van der Waals surface area contributed by atoms with E-state index in [0.717, 1.165) is 37.0 Å². The van der Waals surface area contributed by atoms with Crippen LogP contribution in [-0.4, -0.2) is 45.1 Å². The Morgan fingerprint density at radius 2 is 1.46 bits per heavy atom. The zero-order valence-corrected chi connectivity index (χ0v) is 22.8. The van der Waals surface area contributed by atoms with Gasteiger partial charge >= 0.3 is 0 Å². The number of likely N-dealkylation sites (tertiary alicyclic amines) is 1. The van der Waals surface area contributed by atoms with Crippen LogP contribution in [0, 0.1) is 23.7 Å². The Labute approximate surface area is 222 Å². The molecule has 0 aromatic heterocycles. The van der Waals surface area contributed by atoms with Gasteiger partial charge in [0.05, 0.1) is 11.9 Å². The molecule has 5 aliphatic rings. The topological polar surface area (TPSA) is 57.7 Å². The average molecular weight is 521 g/mol. The molecule has 6 heteroatoms. The molecule has 4 saturated carbocycles. The molecule has 5 fully saturated rings. The van der Waals surface area contributed by atoms with Crippen LogP contribution in [0.2, 0.25) is 0 Å². The molecule has 0 spiro atoms. The van der Waals surface area contributed by atoms with E-state index in [9.17, 15) is 13.2 Å². The quantitative estimate of drug-likeness (QED) is 0.491. The van der Waals surface area contributed by atoms with Crippen LogP contribution in [0.25, 0.3) is 0 Å². The fourth-order valence-corrected chi connectivity index (χ4v) is 9.25. The number of rotatable bonds is 7. The first-order chi connectivity index (χ1) is 17.8. The van der Waals surface area contributed by atoms with Gasteiger partial charge in [-0.2, -0.15) is 0 Å². The third-order valence-corrected chi connectivity index (χ3v) is 11.0. The van der Waals surface area contributed by atoms with Gasteiger partial charge in [-0.15, -0.1) is 0 Å². The van der Waals surface area contributed by atoms with Gasteiger partial charge in [0.15, 0.2) is 0 Å². The summed E-state index contributed by atoms with van der Waals surface area (Å²) in [5, 5.41) is 0. The Morgan fingerprint density at radius 1 is 0.892 bits per heavy atom. The number of carbonyl (C=O) groups is 1. The van der Waals surface area contributed by atoms with Gasteiger partial charge in [-0.1, -0.05) is 42.5 Å². The number of hydrogen-bond donors (Lipinski definition) is 0. The Morgan fingerprint density at radius 3 is 2.00 bits per heavy atom. The van der Waals surface area contributed by atoms with Gasteiger partial charge in [-0.05, 0) is 110 Å². The van der Waals surface area contributed by atoms with E-state index in [-0.39, 0.29) is 17.9 Å². The fourth-order valence-electron chi connectivity index (χ4n) is 8.40. The lowest BCUT2D eigenvalue weighted by Gasteiger charge is -2.57. The molecule has 1 saturated heterocycles. The zero-order valence-electron chi connectivity index (χ0n) is 22.0. The lowest BCUT2D eigenvalue weighted by molar-refractivity contribution is -0.130. The normalized spacial score (nSPS) is 29.4. The van der Waals surface area contributed by atoms with Crippen LogP contribution in [0.4, 0.5) is 5.69 Å². The van der Waals surface area contributed by atoms with Gasteiger partial charge in [-0.25, -0.2) is 8.42 Å². The number of carbonyl (C=O) groups excluding carboxylic acids is 1. The standard InChI is InChI=1S/C31H40N2O3S/c1-37(35,36)33(22-30(34)32-13-11-24(12-14-32)15-23-5-3-2-4-6-23)29-9-7-28(8-10-29)31-19-25-16-26(20-31)18-27(17-25)21-31/h2-10,24-27H,11-22H2,1H3. The number of sulfonamides is 1. The zero-order chi connectivity index (χ0) is 25.6. The van der Waals surface area contributed by atoms with E-state index in [1.54, 1.807) is 0 Å². The largest absolute Gasteiger partial charge is 0.341 e. The fraction of sp³-hybridized carbons (Fsp3) is 0.581. The monoisotopic (exact) mass is 520 g/mol. The maximum absolute atomic E-state index is 13.2. The molecule has 1 aliphatic heterocycles. The first kappa shape index (κ1) is 25.0. The molecule has 7 rings (SSSR count). The minimum Gasteiger partial charge on any atom is -0.341 e. The minimum absolute atomic E-state index is 0.103. The van der Waals surface area contributed by atoms with Crippen molar-refractivity contribution >= 4 is 21.6 Å². The third-order valence-electron chi connectivity index (χ3n) is 9.82. The summed E-state index contributed by atoms with van der Waals surface area (Å²) in [7, 11) is -3.58. The molecule has 0 unspecified atom stereocenters. The molecule has 1 heterocycles. The smallest absolute Gasteiger partial charge is 0.243 e. The molecule has 5 nitrogen and oxygen atoms in total. The van der Waals surface area contributed by atoms with Crippen molar-refractivity contribution in [1.82, 2.24) is 4.90 Å². The summed E-state index contributed by atoms with van der Waals surface area (Å²) in [5.41, 5.74) is 3.59. The summed E-state index contributed by atoms with van der Waals surface area (Å²) >= 11 is 0. The number of hydrogen-bond acceptors (Lipinski definition) is 3. The summed E-state index contributed by atoms with van der Waals surface area (Å²) in [4.78, 5) is 15.1. The summed E-state index contributed by atoms with van der Waals surface area (Å²) in [6.07, 6.45) is 12.2. The minimum atomic E-state index is -3.58. The highest BCUT2D eigenvalue weighted by Gasteiger charge is 2.51. The SMILES string of the molecule is CS(=O)(=O)N(CC(=O)N1CCC(Cc2ccccc2)CC1)c1ccc(C23CC4CC(CC(C4)C2)C3)cc1. The molecule has 198 valence electrons. The van der Waals surface area contributed by atoms with Gasteiger partial charge in [0.25, 0.3) is 0 Å². The molecule has 0 N–H and O–H groups in total. The predicted molar refractivity (Wildman–Crippen MR) is 148 cm³/mol. The van der Waals surface area contributed by atoms with Crippen LogP contribution in [0.5, 0.6) is 0 Å². The van der Waals surface area contributed by atoms with E-state index < -0.39 is 10.0 Å². The van der Waals surface area contributed by atoms with E-state index in [0.29, 0.717) is 24.7 Å². The highest BCUT2D eigenvalue weighted by Crippen LogP contribution is 2.60. The second-order valence-corrected chi connectivity index (χ2v) is 14.4. The summed E-state index contributed by atoms with van der Waals surface area (Å²) in [5.74, 6) is 3.07. The number of benzene rings is 2. The number of amides is 1. The summed E-state index contributed by atoms with van der Waals surface area (Å²) in [6.45, 7) is 1.26. The second-order valence-electron chi connectivity index (χ2n) is 12.5. The first-order valence-corrected chi connectivity index (χ1v) is 16.0. The lowest BCUT2D eigenvalue weighted by atomic mass is 9.48. The Balaban J connectivity index is 1.11. The van der Waals surface area contributed by atoms with Gasteiger partial charge in [0, 0.05) is 13.1 Å². The van der Waals surface area contributed by atoms with E-state index in [4.69, 9.17) is 0 Å². The van der Waals surface area contributed by atoms with Gasteiger partial charge in [-0.3, -0.25) is 9.10 Å². The summed E-state index contributed by atoms with van der Waals surface area (Å²) in [6, 6.07) is 18.7. The Hall–Kier alpha value is -2.34.